The first-order valence-electron chi connectivity index (χ1n) is 8.86. The van der Waals surface area contributed by atoms with E-state index in [9.17, 15) is 9.59 Å². The van der Waals surface area contributed by atoms with Crippen LogP contribution in [0.5, 0.6) is 0 Å². The molecule has 2 fully saturated rings. The van der Waals surface area contributed by atoms with Crippen LogP contribution in [0, 0.1) is 12.3 Å². The van der Waals surface area contributed by atoms with Crippen LogP contribution in [0.25, 0.3) is 0 Å². The van der Waals surface area contributed by atoms with Crippen molar-refractivity contribution in [1.82, 2.24) is 0 Å². The van der Waals surface area contributed by atoms with Gasteiger partial charge in [-0.25, -0.2) is 0 Å². The molecule has 0 amide bonds. The highest BCUT2D eigenvalue weighted by Gasteiger charge is 2.53. The third-order valence-electron chi connectivity index (χ3n) is 4.29. The molecule has 0 spiro atoms. The Labute approximate surface area is 163 Å². The van der Waals surface area contributed by atoms with E-state index in [1.165, 1.54) is 13.8 Å². The molecule has 0 N–H and O–H groups in total. The van der Waals surface area contributed by atoms with Gasteiger partial charge in [-0.05, 0) is 0 Å². The van der Waals surface area contributed by atoms with Crippen LogP contribution in [0.2, 0.25) is 0 Å². The molecule has 2 heterocycles. The van der Waals surface area contributed by atoms with Crippen LogP contribution in [0.4, 0.5) is 0 Å². The second-order valence-corrected chi connectivity index (χ2v) is 6.38. The lowest BCUT2D eigenvalue weighted by Crippen LogP contribution is -2.64. The summed E-state index contributed by atoms with van der Waals surface area (Å²) in [6.45, 7) is 2.61. The first-order chi connectivity index (χ1) is 13.5. The van der Waals surface area contributed by atoms with E-state index in [2.05, 4.69) is 5.92 Å². The zero-order chi connectivity index (χ0) is 20.1. The lowest BCUT2D eigenvalue weighted by molar-refractivity contribution is -0.361. The zero-order valence-corrected chi connectivity index (χ0v) is 15.6. The minimum absolute atomic E-state index is 0.0685. The van der Waals surface area contributed by atoms with Gasteiger partial charge < -0.3 is 28.4 Å². The van der Waals surface area contributed by atoms with Crippen molar-refractivity contribution in [1.29, 1.82) is 0 Å². The van der Waals surface area contributed by atoms with E-state index in [1.54, 1.807) is 0 Å². The van der Waals surface area contributed by atoms with Gasteiger partial charge >= 0.3 is 11.9 Å². The fourth-order valence-electron chi connectivity index (χ4n) is 3.23. The lowest BCUT2D eigenvalue weighted by Gasteiger charge is -2.47. The number of terminal acetylenes is 1. The number of carbonyl (C=O) groups is 2. The van der Waals surface area contributed by atoms with Gasteiger partial charge in [-0.15, -0.1) is 6.42 Å². The normalized spacial score (nSPS) is 31.9. The molecule has 0 saturated carbocycles. The van der Waals surface area contributed by atoms with Crippen molar-refractivity contribution in [3.63, 3.8) is 0 Å². The number of hydrogen-bond donors (Lipinski definition) is 0. The van der Waals surface area contributed by atoms with Gasteiger partial charge in [0.2, 0.25) is 0 Å². The molecule has 2 aliphatic rings. The topological polar surface area (TPSA) is 89.5 Å². The summed E-state index contributed by atoms with van der Waals surface area (Å²) in [6, 6.07) is 9.32. The molecule has 2 aliphatic heterocycles. The summed E-state index contributed by atoms with van der Waals surface area (Å²) in [5.41, 5.74) is 0.803. The smallest absolute Gasteiger partial charge is 0.303 e. The molecule has 0 radical (unpaired) electrons. The van der Waals surface area contributed by atoms with E-state index in [0.717, 1.165) is 5.56 Å². The number of benzene rings is 1. The summed E-state index contributed by atoms with van der Waals surface area (Å²) in [5.74, 6) is 1.20. The van der Waals surface area contributed by atoms with E-state index >= 15 is 0 Å². The minimum Gasteiger partial charge on any atom is -0.455 e. The van der Waals surface area contributed by atoms with Crippen molar-refractivity contribution in [2.45, 2.75) is 50.8 Å². The van der Waals surface area contributed by atoms with Crippen molar-refractivity contribution in [3.05, 3.63) is 35.9 Å². The molecule has 1 aromatic rings. The number of esters is 2. The standard InChI is InChI=1S/C20H22O8/c1-4-10-23-20-18(26-13(3)22)17(25-12(2)21)16-15(27-20)11-24-19(28-16)14-8-6-5-7-9-14/h1,5-9,15-20H,10-11H2,2-3H3/t15-,16-,17+,18-,19?,20-/m1/s1. The average Bonchev–Trinajstić information content (AvgIpc) is 2.68. The third-order valence-corrected chi connectivity index (χ3v) is 4.29. The SMILES string of the molecule is C#CCO[C@@H]1O[C@@H]2COC(c3ccccc3)O[C@H]2[C@H](OC(C)=O)[C@H]1OC(C)=O. The highest BCUT2D eigenvalue weighted by molar-refractivity contribution is 5.67. The van der Waals surface area contributed by atoms with E-state index in [-0.39, 0.29) is 13.2 Å². The lowest BCUT2D eigenvalue weighted by atomic mass is 9.97. The summed E-state index contributed by atoms with van der Waals surface area (Å²) in [4.78, 5) is 23.4. The van der Waals surface area contributed by atoms with Gasteiger partial charge in [-0.2, -0.15) is 0 Å². The Morgan fingerprint density at radius 1 is 1.11 bits per heavy atom. The van der Waals surface area contributed by atoms with Crippen molar-refractivity contribution in [3.8, 4) is 12.3 Å². The molecule has 0 aliphatic carbocycles. The Hall–Kier alpha value is -2.44. The molecular weight excluding hydrogens is 368 g/mol. The first kappa shape index (κ1) is 20.3. The summed E-state index contributed by atoms with van der Waals surface area (Å²) >= 11 is 0. The Kier molecular flexibility index (Phi) is 6.65. The fourth-order valence-corrected chi connectivity index (χ4v) is 3.23. The van der Waals surface area contributed by atoms with Gasteiger partial charge in [0, 0.05) is 19.4 Å². The predicted molar refractivity (Wildman–Crippen MR) is 94.6 cm³/mol. The van der Waals surface area contributed by atoms with Gasteiger partial charge in [-0.3, -0.25) is 9.59 Å². The third kappa shape index (κ3) is 4.69. The summed E-state index contributed by atoms with van der Waals surface area (Å²) in [5, 5.41) is 0. The number of ether oxygens (including phenoxy) is 6. The van der Waals surface area contributed by atoms with Crippen molar-refractivity contribution >= 4 is 11.9 Å². The summed E-state index contributed by atoms with van der Waals surface area (Å²) in [6.07, 6.45) is 0.246. The van der Waals surface area contributed by atoms with E-state index in [0.29, 0.717) is 0 Å². The maximum absolute atomic E-state index is 11.7. The van der Waals surface area contributed by atoms with Gasteiger partial charge in [0.1, 0.15) is 18.8 Å². The van der Waals surface area contributed by atoms with Crippen LogP contribution < -0.4 is 0 Å². The quantitative estimate of drug-likeness (QED) is 0.550. The van der Waals surface area contributed by atoms with Crippen molar-refractivity contribution in [2.24, 2.45) is 0 Å². The maximum atomic E-state index is 11.7. The molecule has 150 valence electrons. The molecule has 1 aromatic carbocycles. The number of fused-ring (bicyclic) bond motifs is 1. The Morgan fingerprint density at radius 2 is 1.79 bits per heavy atom. The van der Waals surface area contributed by atoms with Gasteiger partial charge in [0.05, 0.1) is 6.61 Å². The van der Waals surface area contributed by atoms with Crippen LogP contribution in [0.1, 0.15) is 25.7 Å². The van der Waals surface area contributed by atoms with Crippen molar-refractivity contribution < 1.29 is 38.0 Å². The van der Waals surface area contributed by atoms with Crippen LogP contribution in [0.15, 0.2) is 30.3 Å². The van der Waals surface area contributed by atoms with E-state index < -0.39 is 48.9 Å². The van der Waals surface area contributed by atoms with Crippen LogP contribution in [-0.2, 0) is 38.0 Å². The van der Waals surface area contributed by atoms with Gasteiger partial charge in [0.15, 0.2) is 24.8 Å². The van der Waals surface area contributed by atoms with E-state index in [4.69, 9.17) is 34.8 Å². The monoisotopic (exact) mass is 390 g/mol. The first-order valence-corrected chi connectivity index (χ1v) is 8.86. The summed E-state index contributed by atoms with van der Waals surface area (Å²) in [7, 11) is 0. The highest BCUT2D eigenvalue weighted by Crippen LogP contribution is 2.36. The van der Waals surface area contributed by atoms with Crippen molar-refractivity contribution in [2.75, 3.05) is 13.2 Å². The second-order valence-electron chi connectivity index (χ2n) is 6.38. The van der Waals surface area contributed by atoms with Crippen LogP contribution in [-0.4, -0.2) is 55.9 Å². The zero-order valence-electron chi connectivity index (χ0n) is 15.6. The Morgan fingerprint density at radius 3 is 2.43 bits per heavy atom. The van der Waals surface area contributed by atoms with Gasteiger partial charge in [0.25, 0.3) is 0 Å². The fraction of sp³-hybridized carbons (Fsp3) is 0.500. The average molecular weight is 390 g/mol. The molecule has 6 atom stereocenters. The molecule has 0 aromatic heterocycles. The molecule has 8 nitrogen and oxygen atoms in total. The predicted octanol–water partition coefficient (Wildman–Crippen LogP) is 1.34. The Balaban J connectivity index is 1.86. The van der Waals surface area contributed by atoms with E-state index in [1.807, 2.05) is 30.3 Å². The molecule has 2 saturated heterocycles. The molecule has 0 bridgehead atoms. The number of rotatable bonds is 5. The highest BCUT2D eigenvalue weighted by atomic mass is 16.8. The second kappa shape index (κ2) is 9.17. The number of carbonyl (C=O) groups excluding carboxylic acids is 2. The molecule has 8 heteroatoms. The van der Waals surface area contributed by atoms with Gasteiger partial charge in [-0.1, -0.05) is 36.3 Å². The minimum atomic E-state index is -1.04. The van der Waals surface area contributed by atoms with Crippen LogP contribution >= 0.6 is 0 Å². The summed E-state index contributed by atoms with van der Waals surface area (Å²) < 4.78 is 34.0. The molecule has 28 heavy (non-hydrogen) atoms. The largest absolute Gasteiger partial charge is 0.455 e. The Bertz CT molecular complexity index is 727. The number of hydrogen-bond acceptors (Lipinski definition) is 8. The molecule has 1 unspecified atom stereocenters. The van der Waals surface area contributed by atoms with Crippen LogP contribution in [0.3, 0.4) is 0 Å². The molecular formula is C20H22O8. The molecule has 3 rings (SSSR count). The maximum Gasteiger partial charge on any atom is 0.303 e.